The van der Waals surface area contributed by atoms with E-state index in [1.54, 1.807) is 29.2 Å². The molecule has 4 rings (SSSR count). The topological polar surface area (TPSA) is 99.0 Å². The van der Waals surface area contributed by atoms with E-state index in [1.165, 1.54) is 12.1 Å². The van der Waals surface area contributed by atoms with Gasteiger partial charge in [0.15, 0.2) is 0 Å². The number of carbonyl (C=O) groups excluding carboxylic acids is 2. The zero-order valence-electron chi connectivity index (χ0n) is 19.7. The van der Waals surface area contributed by atoms with Crippen molar-refractivity contribution in [2.24, 2.45) is 5.92 Å². The monoisotopic (exact) mass is 465 g/mol. The van der Waals surface area contributed by atoms with E-state index in [0.29, 0.717) is 43.3 Å². The molecule has 0 atom stereocenters. The van der Waals surface area contributed by atoms with Gasteiger partial charge >= 0.3 is 6.03 Å². The summed E-state index contributed by atoms with van der Waals surface area (Å²) in [6.07, 6.45) is 2.08. The number of hydrogen-bond acceptors (Lipinski definition) is 5. The minimum absolute atomic E-state index is 0.0512. The molecule has 2 fully saturated rings. The molecule has 0 aromatic heterocycles. The zero-order valence-corrected chi connectivity index (χ0v) is 19.7. The summed E-state index contributed by atoms with van der Waals surface area (Å²) in [4.78, 5) is 41.9. The summed E-state index contributed by atoms with van der Waals surface area (Å²) in [5, 5.41) is 13.8. The van der Waals surface area contributed by atoms with Crippen LogP contribution in [0, 0.1) is 23.0 Å². The number of urea groups is 1. The highest BCUT2D eigenvalue weighted by molar-refractivity contribution is 5.96. The summed E-state index contributed by atoms with van der Waals surface area (Å²) in [6.45, 7) is 8.10. The lowest BCUT2D eigenvalue weighted by Gasteiger charge is -2.36. The van der Waals surface area contributed by atoms with Crippen molar-refractivity contribution >= 4 is 29.0 Å². The summed E-state index contributed by atoms with van der Waals surface area (Å²) >= 11 is 0. The third-order valence-electron chi connectivity index (χ3n) is 6.78. The molecule has 9 heteroatoms. The molecule has 9 nitrogen and oxygen atoms in total. The number of nitrogens with one attached hydrogen (secondary N) is 1. The largest absolute Gasteiger partial charge is 0.368 e. The highest BCUT2D eigenvalue weighted by Gasteiger charge is 2.24. The molecule has 0 unspecified atom stereocenters. The molecule has 34 heavy (non-hydrogen) atoms. The normalized spacial score (nSPS) is 16.9. The number of piperidine rings is 1. The van der Waals surface area contributed by atoms with E-state index in [-0.39, 0.29) is 17.6 Å². The number of hydrogen-bond donors (Lipinski definition) is 1. The number of piperazine rings is 1. The molecule has 2 aliphatic rings. The predicted octanol–water partition coefficient (Wildman–Crippen LogP) is 4.13. The highest BCUT2D eigenvalue weighted by Crippen LogP contribution is 2.23. The van der Waals surface area contributed by atoms with Gasteiger partial charge in [-0.15, -0.1) is 0 Å². The van der Waals surface area contributed by atoms with Crippen LogP contribution in [0.3, 0.4) is 0 Å². The third-order valence-corrected chi connectivity index (χ3v) is 6.78. The number of rotatable bonds is 4. The van der Waals surface area contributed by atoms with Crippen molar-refractivity contribution in [2.45, 2.75) is 26.7 Å². The van der Waals surface area contributed by atoms with Gasteiger partial charge in [0.1, 0.15) is 0 Å². The molecule has 1 N–H and O–H groups in total. The standard InChI is InChI=1S/C25H31N5O4/c1-18-9-11-28(12-10-18)24(31)20-3-8-23(19(2)17-20)26-25(32)29-15-13-27(14-16-29)21-4-6-22(7-5-21)30(33)34/h3-8,17-18H,9-16H2,1-2H3,(H,26,32). The molecule has 2 aliphatic heterocycles. The van der Waals surface area contributed by atoms with Crippen LogP contribution in [-0.2, 0) is 0 Å². The molecule has 0 bridgehead atoms. The van der Waals surface area contributed by atoms with Crippen LogP contribution in [-0.4, -0.2) is 65.9 Å². The summed E-state index contributed by atoms with van der Waals surface area (Å²) in [5.74, 6) is 0.717. The van der Waals surface area contributed by atoms with Gasteiger partial charge < -0.3 is 20.0 Å². The zero-order chi connectivity index (χ0) is 24.2. The fourth-order valence-corrected chi connectivity index (χ4v) is 4.48. The molecular weight excluding hydrogens is 434 g/mol. The molecular formula is C25H31N5O4. The number of nitro benzene ring substituents is 1. The Morgan fingerprint density at radius 1 is 0.941 bits per heavy atom. The Morgan fingerprint density at radius 3 is 2.18 bits per heavy atom. The quantitative estimate of drug-likeness (QED) is 0.541. The number of nitro groups is 1. The van der Waals surface area contributed by atoms with Crippen LogP contribution in [0.2, 0.25) is 0 Å². The summed E-state index contributed by atoms with van der Waals surface area (Å²) in [6, 6.07) is 11.7. The summed E-state index contributed by atoms with van der Waals surface area (Å²) in [5.41, 5.74) is 3.18. The first-order valence-corrected chi connectivity index (χ1v) is 11.8. The second-order valence-corrected chi connectivity index (χ2v) is 9.18. The van der Waals surface area contributed by atoms with Gasteiger partial charge in [0.25, 0.3) is 11.6 Å². The first-order valence-electron chi connectivity index (χ1n) is 11.8. The van der Waals surface area contributed by atoms with Crippen molar-refractivity contribution in [3.63, 3.8) is 0 Å². The number of anilines is 2. The van der Waals surface area contributed by atoms with Gasteiger partial charge in [0.2, 0.25) is 0 Å². The number of likely N-dealkylation sites (tertiary alicyclic amines) is 1. The van der Waals surface area contributed by atoms with E-state index in [0.717, 1.165) is 37.2 Å². The number of non-ortho nitro benzene ring substituents is 1. The lowest BCUT2D eigenvalue weighted by atomic mass is 9.98. The van der Waals surface area contributed by atoms with Crippen LogP contribution in [0.5, 0.6) is 0 Å². The fourth-order valence-electron chi connectivity index (χ4n) is 4.48. The lowest BCUT2D eigenvalue weighted by molar-refractivity contribution is -0.384. The van der Waals surface area contributed by atoms with E-state index in [1.807, 2.05) is 17.9 Å². The maximum absolute atomic E-state index is 12.8. The predicted molar refractivity (Wildman–Crippen MR) is 131 cm³/mol. The smallest absolute Gasteiger partial charge is 0.321 e. The first kappa shape index (κ1) is 23.5. The molecule has 2 aromatic rings. The van der Waals surface area contributed by atoms with Crippen molar-refractivity contribution < 1.29 is 14.5 Å². The summed E-state index contributed by atoms with van der Waals surface area (Å²) in [7, 11) is 0. The van der Waals surface area contributed by atoms with E-state index >= 15 is 0 Å². The van der Waals surface area contributed by atoms with Crippen LogP contribution in [0.4, 0.5) is 21.9 Å². The first-order chi connectivity index (χ1) is 16.3. The van der Waals surface area contributed by atoms with Crippen molar-refractivity contribution in [2.75, 3.05) is 49.5 Å². The molecule has 2 heterocycles. The van der Waals surface area contributed by atoms with Gasteiger partial charge in [0.05, 0.1) is 4.92 Å². The average Bonchev–Trinajstić information content (AvgIpc) is 2.85. The SMILES string of the molecule is Cc1cc(C(=O)N2CCC(C)CC2)ccc1NC(=O)N1CCN(c2ccc([N+](=O)[O-])cc2)CC1. The molecule has 2 aromatic carbocycles. The Bertz CT molecular complexity index is 1060. The Balaban J connectivity index is 1.31. The second kappa shape index (κ2) is 10.1. The van der Waals surface area contributed by atoms with E-state index in [2.05, 4.69) is 17.1 Å². The Hall–Kier alpha value is -3.62. The van der Waals surface area contributed by atoms with Crippen molar-refractivity contribution in [3.05, 3.63) is 63.7 Å². The second-order valence-electron chi connectivity index (χ2n) is 9.18. The van der Waals surface area contributed by atoms with E-state index in [4.69, 9.17) is 0 Å². The highest BCUT2D eigenvalue weighted by atomic mass is 16.6. The number of nitrogens with zero attached hydrogens (tertiary/aromatic N) is 4. The Labute approximate surface area is 199 Å². The van der Waals surface area contributed by atoms with Gasteiger partial charge in [-0.1, -0.05) is 6.92 Å². The van der Waals surface area contributed by atoms with Crippen molar-refractivity contribution in [1.82, 2.24) is 9.80 Å². The van der Waals surface area contributed by atoms with Crippen LogP contribution in [0.25, 0.3) is 0 Å². The van der Waals surface area contributed by atoms with Gasteiger partial charge in [0, 0.05) is 68.3 Å². The van der Waals surface area contributed by atoms with E-state index in [9.17, 15) is 19.7 Å². The molecule has 3 amide bonds. The number of aryl methyl sites for hydroxylation is 1. The van der Waals surface area contributed by atoms with Crippen molar-refractivity contribution in [1.29, 1.82) is 0 Å². The van der Waals surface area contributed by atoms with Gasteiger partial charge in [-0.2, -0.15) is 0 Å². The van der Waals surface area contributed by atoms with Gasteiger partial charge in [-0.3, -0.25) is 14.9 Å². The third kappa shape index (κ3) is 5.30. The Morgan fingerprint density at radius 2 is 1.59 bits per heavy atom. The summed E-state index contributed by atoms with van der Waals surface area (Å²) < 4.78 is 0. The Kier molecular flexibility index (Phi) is 7.00. The van der Waals surface area contributed by atoms with E-state index < -0.39 is 4.92 Å². The van der Waals surface area contributed by atoms with Gasteiger partial charge in [-0.25, -0.2) is 4.79 Å². The minimum Gasteiger partial charge on any atom is -0.368 e. The van der Waals surface area contributed by atoms with Crippen LogP contribution in [0.15, 0.2) is 42.5 Å². The molecule has 0 spiro atoms. The maximum Gasteiger partial charge on any atom is 0.321 e. The molecule has 0 radical (unpaired) electrons. The lowest BCUT2D eigenvalue weighted by Crippen LogP contribution is -2.50. The number of amides is 3. The van der Waals surface area contributed by atoms with Crippen LogP contribution < -0.4 is 10.2 Å². The van der Waals surface area contributed by atoms with Crippen LogP contribution >= 0.6 is 0 Å². The molecule has 180 valence electrons. The number of benzene rings is 2. The number of carbonyl (C=O) groups is 2. The maximum atomic E-state index is 12.8. The fraction of sp³-hybridized carbons (Fsp3) is 0.440. The minimum atomic E-state index is -0.412. The van der Waals surface area contributed by atoms with Crippen molar-refractivity contribution in [3.8, 4) is 0 Å². The average molecular weight is 466 g/mol. The molecule has 0 saturated carbocycles. The van der Waals surface area contributed by atoms with Gasteiger partial charge in [-0.05, 0) is 61.6 Å². The van der Waals surface area contributed by atoms with Crippen LogP contribution in [0.1, 0.15) is 35.7 Å². The molecule has 0 aliphatic carbocycles. The molecule has 2 saturated heterocycles.